The van der Waals surface area contributed by atoms with Crippen LogP contribution in [0.1, 0.15) is 18.6 Å². The predicted octanol–water partition coefficient (Wildman–Crippen LogP) is 2.26. The van der Waals surface area contributed by atoms with Crippen molar-refractivity contribution in [3.8, 4) is 0 Å². The zero-order valence-corrected chi connectivity index (χ0v) is 10.2. The van der Waals surface area contributed by atoms with Gasteiger partial charge in [0.05, 0.1) is 6.10 Å². The van der Waals surface area contributed by atoms with Crippen LogP contribution in [0.5, 0.6) is 0 Å². The number of aliphatic hydroxyl groups excluding tert-OH is 1. The van der Waals surface area contributed by atoms with Crippen molar-refractivity contribution in [3.63, 3.8) is 0 Å². The standard InChI is InChI=1S/C12H14F3NO3/c1-8(17)9-3-2-4-10(5-9)16-11(18)6-19-7-12(13,14)15/h2-5,8,17H,6-7H2,1H3,(H,16,18). The molecule has 106 valence electrons. The van der Waals surface area contributed by atoms with E-state index < -0.39 is 31.4 Å². The maximum atomic E-state index is 11.8. The van der Waals surface area contributed by atoms with Gasteiger partial charge < -0.3 is 15.2 Å². The average molecular weight is 277 g/mol. The van der Waals surface area contributed by atoms with E-state index in [1.165, 1.54) is 6.07 Å². The van der Waals surface area contributed by atoms with Gasteiger partial charge in [0.15, 0.2) is 0 Å². The summed E-state index contributed by atoms with van der Waals surface area (Å²) in [6.07, 6.45) is -5.15. The SMILES string of the molecule is CC(O)c1cccc(NC(=O)COCC(F)(F)F)c1. The Balaban J connectivity index is 2.46. The Hall–Kier alpha value is -1.60. The molecule has 0 saturated heterocycles. The molecule has 1 unspecified atom stereocenters. The normalized spacial score (nSPS) is 13.1. The summed E-state index contributed by atoms with van der Waals surface area (Å²) in [7, 11) is 0. The van der Waals surface area contributed by atoms with Gasteiger partial charge in [-0.3, -0.25) is 4.79 Å². The molecule has 1 atom stereocenters. The maximum Gasteiger partial charge on any atom is 0.411 e. The molecule has 0 spiro atoms. The second-order valence-electron chi connectivity index (χ2n) is 3.96. The molecule has 0 aliphatic rings. The fourth-order valence-electron chi connectivity index (χ4n) is 1.33. The van der Waals surface area contributed by atoms with Crippen LogP contribution < -0.4 is 5.32 Å². The van der Waals surface area contributed by atoms with E-state index in [2.05, 4.69) is 10.1 Å². The van der Waals surface area contributed by atoms with Crippen LogP contribution in [0.15, 0.2) is 24.3 Å². The first-order valence-corrected chi connectivity index (χ1v) is 5.50. The molecule has 7 heteroatoms. The zero-order valence-electron chi connectivity index (χ0n) is 10.2. The summed E-state index contributed by atoms with van der Waals surface area (Å²) in [6.45, 7) is -0.583. The minimum atomic E-state index is -4.45. The van der Waals surface area contributed by atoms with Crippen molar-refractivity contribution in [1.29, 1.82) is 0 Å². The number of halogens is 3. The molecule has 1 aromatic carbocycles. The summed E-state index contributed by atoms with van der Waals surface area (Å²) in [5.41, 5.74) is 0.980. The lowest BCUT2D eigenvalue weighted by atomic mass is 10.1. The van der Waals surface area contributed by atoms with Crippen molar-refractivity contribution in [2.45, 2.75) is 19.2 Å². The van der Waals surface area contributed by atoms with Crippen LogP contribution in [0.25, 0.3) is 0 Å². The molecule has 1 aromatic rings. The molecule has 1 amide bonds. The maximum absolute atomic E-state index is 11.8. The highest BCUT2D eigenvalue weighted by atomic mass is 19.4. The summed E-state index contributed by atoms with van der Waals surface area (Å²) in [5, 5.41) is 11.7. The molecule has 19 heavy (non-hydrogen) atoms. The van der Waals surface area contributed by atoms with Gasteiger partial charge in [0.25, 0.3) is 0 Å². The molecule has 1 rings (SSSR count). The monoisotopic (exact) mass is 277 g/mol. The Kier molecular flexibility index (Phi) is 5.31. The van der Waals surface area contributed by atoms with Crippen LogP contribution in [0.4, 0.5) is 18.9 Å². The number of amides is 1. The van der Waals surface area contributed by atoms with Gasteiger partial charge in [-0.05, 0) is 24.6 Å². The highest BCUT2D eigenvalue weighted by Crippen LogP contribution is 2.17. The highest BCUT2D eigenvalue weighted by molar-refractivity contribution is 5.91. The van der Waals surface area contributed by atoms with E-state index in [4.69, 9.17) is 0 Å². The number of hydrogen-bond donors (Lipinski definition) is 2. The van der Waals surface area contributed by atoms with E-state index in [1.54, 1.807) is 25.1 Å². The third-order valence-electron chi connectivity index (χ3n) is 2.15. The van der Waals surface area contributed by atoms with Crippen LogP contribution in [-0.2, 0) is 9.53 Å². The van der Waals surface area contributed by atoms with Crippen molar-refractivity contribution in [2.24, 2.45) is 0 Å². The largest absolute Gasteiger partial charge is 0.411 e. The summed E-state index contributed by atoms with van der Waals surface area (Å²) in [4.78, 5) is 11.3. The smallest absolute Gasteiger partial charge is 0.389 e. The number of rotatable bonds is 5. The highest BCUT2D eigenvalue weighted by Gasteiger charge is 2.27. The number of aliphatic hydroxyl groups is 1. The first-order valence-electron chi connectivity index (χ1n) is 5.50. The van der Waals surface area contributed by atoms with Crippen molar-refractivity contribution >= 4 is 11.6 Å². The Morgan fingerprint density at radius 2 is 2.16 bits per heavy atom. The molecular weight excluding hydrogens is 263 g/mol. The third kappa shape index (κ3) is 6.21. The number of anilines is 1. The van der Waals surface area contributed by atoms with Gasteiger partial charge in [-0.2, -0.15) is 13.2 Å². The number of ether oxygens (including phenoxy) is 1. The lowest BCUT2D eigenvalue weighted by Gasteiger charge is -2.10. The minimum absolute atomic E-state index is 0.388. The molecular formula is C12H14F3NO3. The molecule has 0 heterocycles. The number of nitrogens with one attached hydrogen (secondary N) is 1. The first kappa shape index (κ1) is 15.5. The van der Waals surface area contributed by atoms with Crippen molar-refractivity contribution < 1.29 is 27.8 Å². The van der Waals surface area contributed by atoms with Crippen LogP contribution in [-0.4, -0.2) is 30.4 Å². The van der Waals surface area contributed by atoms with Gasteiger partial charge in [0.2, 0.25) is 5.91 Å². The first-order chi connectivity index (χ1) is 8.78. The van der Waals surface area contributed by atoms with E-state index in [-0.39, 0.29) is 0 Å². The summed E-state index contributed by atoms with van der Waals surface area (Å²) < 4.78 is 39.6. The van der Waals surface area contributed by atoms with Crippen LogP contribution in [0.2, 0.25) is 0 Å². The molecule has 0 fully saturated rings. The second kappa shape index (κ2) is 6.53. The average Bonchev–Trinajstić information content (AvgIpc) is 2.27. The molecule has 0 aromatic heterocycles. The molecule has 4 nitrogen and oxygen atoms in total. The topological polar surface area (TPSA) is 58.6 Å². The second-order valence-corrected chi connectivity index (χ2v) is 3.96. The fraction of sp³-hybridized carbons (Fsp3) is 0.417. The Morgan fingerprint density at radius 3 is 2.74 bits per heavy atom. The number of benzene rings is 1. The Labute approximate surface area is 108 Å². The summed E-state index contributed by atoms with van der Waals surface area (Å²) >= 11 is 0. The van der Waals surface area contributed by atoms with Gasteiger partial charge in [-0.25, -0.2) is 0 Å². The number of carbonyl (C=O) groups is 1. The lowest BCUT2D eigenvalue weighted by molar-refractivity contribution is -0.174. The van der Waals surface area contributed by atoms with Gasteiger partial charge >= 0.3 is 6.18 Å². The van der Waals surface area contributed by atoms with E-state index >= 15 is 0 Å². The zero-order chi connectivity index (χ0) is 14.5. The minimum Gasteiger partial charge on any atom is -0.389 e. The molecule has 0 aliphatic heterocycles. The van der Waals surface area contributed by atoms with Crippen molar-refractivity contribution in [1.82, 2.24) is 0 Å². The van der Waals surface area contributed by atoms with Crippen LogP contribution in [0, 0.1) is 0 Å². The number of hydrogen-bond acceptors (Lipinski definition) is 3. The molecule has 2 N–H and O–H groups in total. The van der Waals surface area contributed by atoms with E-state index in [9.17, 15) is 23.1 Å². The number of alkyl halides is 3. The predicted molar refractivity (Wildman–Crippen MR) is 62.6 cm³/mol. The molecule has 0 bridgehead atoms. The fourth-order valence-corrected chi connectivity index (χ4v) is 1.33. The number of carbonyl (C=O) groups excluding carboxylic acids is 1. The molecule has 0 saturated carbocycles. The Bertz CT molecular complexity index is 432. The van der Waals surface area contributed by atoms with Gasteiger partial charge in [-0.1, -0.05) is 12.1 Å². The van der Waals surface area contributed by atoms with E-state index in [0.29, 0.717) is 11.3 Å². The summed E-state index contributed by atoms with van der Waals surface area (Å²) in [5.74, 6) is -0.688. The third-order valence-corrected chi connectivity index (χ3v) is 2.15. The van der Waals surface area contributed by atoms with E-state index in [1.807, 2.05) is 0 Å². The Morgan fingerprint density at radius 1 is 1.47 bits per heavy atom. The quantitative estimate of drug-likeness (QED) is 0.868. The van der Waals surface area contributed by atoms with Crippen LogP contribution in [0.3, 0.4) is 0 Å². The molecule has 0 radical (unpaired) electrons. The van der Waals surface area contributed by atoms with Gasteiger partial charge in [0, 0.05) is 5.69 Å². The molecule has 0 aliphatic carbocycles. The van der Waals surface area contributed by atoms with Crippen molar-refractivity contribution in [2.75, 3.05) is 18.5 Å². The summed E-state index contributed by atoms with van der Waals surface area (Å²) in [6, 6.07) is 6.38. The van der Waals surface area contributed by atoms with Crippen molar-refractivity contribution in [3.05, 3.63) is 29.8 Å². The van der Waals surface area contributed by atoms with Crippen LogP contribution >= 0.6 is 0 Å². The lowest BCUT2D eigenvalue weighted by Crippen LogP contribution is -2.24. The van der Waals surface area contributed by atoms with E-state index in [0.717, 1.165) is 0 Å². The van der Waals surface area contributed by atoms with Gasteiger partial charge in [0.1, 0.15) is 13.2 Å². The van der Waals surface area contributed by atoms with Gasteiger partial charge in [-0.15, -0.1) is 0 Å².